The Morgan fingerprint density at radius 3 is 2.82 bits per heavy atom. The van der Waals surface area contributed by atoms with Crippen LogP contribution in [0.1, 0.15) is 39.0 Å². The van der Waals surface area contributed by atoms with Crippen molar-refractivity contribution >= 4 is 23.2 Å². The molecule has 3 aromatic rings. The zero-order valence-electron chi connectivity index (χ0n) is 19.6. The summed E-state index contributed by atoms with van der Waals surface area (Å²) < 4.78 is 16.6. The fourth-order valence-corrected chi connectivity index (χ4v) is 5.15. The van der Waals surface area contributed by atoms with Crippen LogP contribution in [0.5, 0.6) is 5.75 Å². The Bertz CT molecular complexity index is 1090. The maximum absolute atomic E-state index is 13.6. The third kappa shape index (κ3) is 5.51. The van der Waals surface area contributed by atoms with Crippen molar-refractivity contribution in [2.24, 2.45) is 0 Å². The number of thiophene rings is 1. The summed E-state index contributed by atoms with van der Waals surface area (Å²) >= 11 is 1.71. The molecule has 4 rings (SSSR count). The number of carbonyl (C=O) groups is 2. The number of methoxy groups -OCH3 is 1. The highest BCUT2D eigenvalue weighted by Gasteiger charge is 2.34. The summed E-state index contributed by atoms with van der Waals surface area (Å²) in [5.41, 5.74) is 2.18. The van der Waals surface area contributed by atoms with Gasteiger partial charge in [0.05, 0.1) is 12.3 Å². The molecule has 0 unspecified atom stereocenters. The summed E-state index contributed by atoms with van der Waals surface area (Å²) in [6.45, 7) is 3.84. The molecule has 7 nitrogen and oxygen atoms in total. The van der Waals surface area contributed by atoms with Gasteiger partial charge in [-0.15, -0.1) is 11.3 Å². The topological polar surface area (TPSA) is 72.2 Å². The lowest BCUT2D eigenvalue weighted by molar-refractivity contribution is -0.135. The van der Waals surface area contributed by atoms with Crippen molar-refractivity contribution in [3.63, 3.8) is 0 Å². The van der Waals surface area contributed by atoms with Crippen molar-refractivity contribution in [1.82, 2.24) is 9.80 Å². The van der Waals surface area contributed by atoms with Crippen LogP contribution in [0.3, 0.4) is 0 Å². The van der Waals surface area contributed by atoms with E-state index in [1.807, 2.05) is 36.1 Å². The van der Waals surface area contributed by atoms with Gasteiger partial charge < -0.3 is 23.7 Å². The van der Waals surface area contributed by atoms with Gasteiger partial charge in [0, 0.05) is 31.7 Å². The number of fused-ring (bicyclic) bond motifs is 1. The van der Waals surface area contributed by atoms with E-state index in [9.17, 15) is 9.59 Å². The van der Waals surface area contributed by atoms with Crippen LogP contribution in [0.2, 0.25) is 0 Å². The lowest BCUT2D eigenvalue weighted by atomic mass is 10.00. The van der Waals surface area contributed by atoms with Crippen LogP contribution in [0.15, 0.2) is 58.5 Å². The number of ether oxygens (including phenoxy) is 2. The number of aryl methyl sites for hydroxylation is 1. The van der Waals surface area contributed by atoms with E-state index in [1.165, 1.54) is 11.1 Å². The van der Waals surface area contributed by atoms with Crippen LogP contribution >= 0.6 is 11.3 Å². The number of furan rings is 1. The summed E-state index contributed by atoms with van der Waals surface area (Å²) in [6.07, 6.45) is 2.89. The molecule has 1 atom stereocenters. The van der Waals surface area contributed by atoms with E-state index >= 15 is 0 Å². The molecule has 0 aliphatic carbocycles. The van der Waals surface area contributed by atoms with Crippen molar-refractivity contribution in [1.29, 1.82) is 0 Å². The zero-order chi connectivity index (χ0) is 23.9. The summed E-state index contributed by atoms with van der Waals surface area (Å²) in [5, 5.41) is 2.07. The molecule has 3 heterocycles. The van der Waals surface area contributed by atoms with Gasteiger partial charge >= 0.3 is 0 Å². The second-order valence-corrected chi connectivity index (χ2v) is 9.28. The Morgan fingerprint density at radius 1 is 1.21 bits per heavy atom. The first-order chi connectivity index (χ1) is 16.6. The number of amides is 2. The van der Waals surface area contributed by atoms with E-state index in [2.05, 4.69) is 11.4 Å². The maximum Gasteiger partial charge on any atom is 0.290 e. The fraction of sp³-hybridized carbons (Fsp3) is 0.385. The Kier molecular flexibility index (Phi) is 8.03. The minimum atomic E-state index is -0.296. The molecular weight excluding hydrogens is 452 g/mol. The third-order valence-electron chi connectivity index (χ3n) is 6.03. The summed E-state index contributed by atoms with van der Waals surface area (Å²) in [4.78, 5) is 31.2. The van der Waals surface area contributed by atoms with Gasteiger partial charge in [-0.1, -0.05) is 18.2 Å². The first kappa shape index (κ1) is 24.0. The lowest BCUT2D eigenvalue weighted by Gasteiger charge is -2.37. The molecule has 1 aromatic carbocycles. The summed E-state index contributed by atoms with van der Waals surface area (Å²) in [6, 6.07) is 13.0. The molecule has 2 aromatic heterocycles. The van der Waals surface area contributed by atoms with Crippen LogP contribution < -0.4 is 4.74 Å². The summed E-state index contributed by atoms with van der Waals surface area (Å²) in [7, 11) is 1.62. The molecule has 2 amide bonds. The van der Waals surface area contributed by atoms with Gasteiger partial charge in [0.1, 0.15) is 18.9 Å². The van der Waals surface area contributed by atoms with Crippen LogP contribution in [-0.2, 0) is 16.0 Å². The SMILES string of the molecule is COCCCN(CC(=O)N1CCc2sccc2[C@@H]1COc1ccccc1C)C(=O)c1ccco1. The molecule has 0 spiro atoms. The van der Waals surface area contributed by atoms with Gasteiger partial charge in [-0.25, -0.2) is 0 Å². The Morgan fingerprint density at radius 2 is 2.06 bits per heavy atom. The number of hydrogen-bond donors (Lipinski definition) is 0. The minimum Gasteiger partial charge on any atom is -0.491 e. The zero-order valence-corrected chi connectivity index (χ0v) is 20.4. The molecule has 34 heavy (non-hydrogen) atoms. The first-order valence-electron chi connectivity index (χ1n) is 11.4. The smallest absolute Gasteiger partial charge is 0.290 e. The van der Waals surface area contributed by atoms with Crippen molar-refractivity contribution in [3.8, 4) is 5.75 Å². The van der Waals surface area contributed by atoms with E-state index in [4.69, 9.17) is 13.9 Å². The van der Waals surface area contributed by atoms with Crippen LogP contribution in [0, 0.1) is 6.92 Å². The van der Waals surface area contributed by atoms with Gasteiger partial charge in [0.2, 0.25) is 5.91 Å². The quantitative estimate of drug-likeness (QED) is 0.402. The van der Waals surface area contributed by atoms with Crippen LogP contribution in [-0.4, -0.2) is 61.6 Å². The summed E-state index contributed by atoms with van der Waals surface area (Å²) in [5.74, 6) is 0.637. The monoisotopic (exact) mass is 482 g/mol. The predicted molar refractivity (Wildman–Crippen MR) is 130 cm³/mol. The van der Waals surface area contributed by atoms with Crippen molar-refractivity contribution < 1.29 is 23.5 Å². The standard InChI is InChI=1S/C26H30N2O5S/c1-19-7-3-4-8-22(19)33-18-21-20-11-16-34-24(20)10-13-28(21)25(29)17-27(12-6-14-31-2)26(30)23-9-5-15-32-23/h3-5,7-9,11,15-16,21H,6,10,12-14,17-18H2,1-2H3/t21-/m0/s1. The normalized spacial score (nSPS) is 15.1. The predicted octanol–water partition coefficient (Wildman–Crippen LogP) is 4.33. The van der Waals surface area contributed by atoms with Gasteiger partial charge in [0.15, 0.2) is 5.76 Å². The van der Waals surface area contributed by atoms with E-state index in [1.54, 1.807) is 35.5 Å². The second-order valence-electron chi connectivity index (χ2n) is 8.28. The molecule has 0 fully saturated rings. The van der Waals surface area contributed by atoms with E-state index < -0.39 is 0 Å². The average Bonchev–Trinajstić information content (AvgIpc) is 3.54. The number of nitrogens with zero attached hydrogens (tertiary/aromatic N) is 2. The highest BCUT2D eigenvalue weighted by Crippen LogP contribution is 2.34. The number of benzene rings is 1. The Labute approximate surface area is 203 Å². The molecule has 1 aliphatic rings. The first-order valence-corrected chi connectivity index (χ1v) is 12.3. The van der Waals surface area contributed by atoms with Gasteiger partial charge in [-0.05, 0) is 60.5 Å². The molecule has 0 saturated heterocycles. The Hall–Kier alpha value is -3.10. The van der Waals surface area contributed by atoms with Crippen LogP contribution in [0.4, 0.5) is 0 Å². The lowest BCUT2D eigenvalue weighted by Crippen LogP contribution is -2.48. The highest BCUT2D eigenvalue weighted by atomic mass is 32.1. The molecule has 180 valence electrons. The number of hydrogen-bond acceptors (Lipinski definition) is 6. The number of para-hydroxylation sites is 1. The molecular formula is C26H30N2O5S. The van der Waals surface area contributed by atoms with Gasteiger partial charge in [-0.2, -0.15) is 0 Å². The average molecular weight is 483 g/mol. The molecule has 1 aliphatic heterocycles. The van der Waals surface area contributed by atoms with Gasteiger partial charge in [0.25, 0.3) is 5.91 Å². The van der Waals surface area contributed by atoms with E-state index in [0.717, 1.165) is 23.3 Å². The minimum absolute atomic E-state index is 0.0242. The highest BCUT2D eigenvalue weighted by molar-refractivity contribution is 7.10. The molecule has 0 saturated carbocycles. The number of carbonyl (C=O) groups excluding carboxylic acids is 2. The largest absolute Gasteiger partial charge is 0.491 e. The van der Waals surface area contributed by atoms with Gasteiger partial charge in [-0.3, -0.25) is 9.59 Å². The van der Waals surface area contributed by atoms with Crippen molar-refractivity contribution in [3.05, 3.63) is 75.9 Å². The molecule has 0 N–H and O–H groups in total. The van der Waals surface area contributed by atoms with Crippen molar-refractivity contribution in [2.45, 2.75) is 25.8 Å². The fourth-order valence-electron chi connectivity index (χ4n) is 4.22. The maximum atomic E-state index is 13.6. The molecule has 8 heteroatoms. The molecule has 0 radical (unpaired) electrons. The van der Waals surface area contributed by atoms with Crippen LogP contribution in [0.25, 0.3) is 0 Å². The number of rotatable bonds is 10. The van der Waals surface area contributed by atoms with E-state index in [-0.39, 0.29) is 30.2 Å². The van der Waals surface area contributed by atoms with E-state index in [0.29, 0.717) is 32.7 Å². The Balaban J connectivity index is 1.51. The third-order valence-corrected chi connectivity index (χ3v) is 7.02. The second kappa shape index (κ2) is 11.4. The molecule has 0 bridgehead atoms. The van der Waals surface area contributed by atoms with Crippen molar-refractivity contribution in [2.75, 3.05) is 40.0 Å².